The molecule has 0 aliphatic rings. The lowest BCUT2D eigenvalue weighted by Crippen LogP contribution is -2.44. The van der Waals surface area contributed by atoms with E-state index in [2.05, 4.69) is 20.8 Å². The molecule has 0 radical (unpaired) electrons. The summed E-state index contributed by atoms with van der Waals surface area (Å²) in [5, 5.41) is 0. The lowest BCUT2D eigenvalue weighted by atomic mass is 10.1. The number of para-hydroxylation sites is 2. The predicted molar refractivity (Wildman–Crippen MR) is 97.5 cm³/mol. The van der Waals surface area contributed by atoms with E-state index in [0.717, 1.165) is 22.2 Å². The minimum Gasteiger partial charge on any atom is -0.483 e. The Labute approximate surface area is 150 Å². The monoisotopic (exact) mass is 352 g/mol. The van der Waals surface area contributed by atoms with Crippen LogP contribution < -0.4 is 15.6 Å². The Morgan fingerprint density at radius 1 is 1.04 bits per heavy atom. The van der Waals surface area contributed by atoms with Gasteiger partial charge in [-0.1, -0.05) is 24.3 Å². The van der Waals surface area contributed by atoms with Gasteiger partial charge in [-0.05, 0) is 43.2 Å². The van der Waals surface area contributed by atoms with Crippen molar-refractivity contribution < 1.29 is 14.3 Å². The minimum atomic E-state index is -0.441. The van der Waals surface area contributed by atoms with Gasteiger partial charge in [-0.3, -0.25) is 20.4 Å². The molecule has 0 saturated heterocycles. The van der Waals surface area contributed by atoms with E-state index in [1.54, 1.807) is 6.07 Å². The van der Waals surface area contributed by atoms with Gasteiger partial charge >= 0.3 is 0 Å². The van der Waals surface area contributed by atoms with Crippen molar-refractivity contribution in [1.82, 2.24) is 20.8 Å². The number of hydrogen-bond donors (Lipinski definition) is 3. The number of imidazole rings is 1. The van der Waals surface area contributed by atoms with Gasteiger partial charge in [0.05, 0.1) is 17.5 Å². The number of rotatable bonds is 5. The Kier molecular flexibility index (Phi) is 5.17. The van der Waals surface area contributed by atoms with Crippen molar-refractivity contribution in [3.8, 4) is 5.75 Å². The Hall–Kier alpha value is -3.35. The third kappa shape index (κ3) is 4.18. The molecule has 0 saturated carbocycles. The molecule has 0 atom stereocenters. The highest BCUT2D eigenvalue weighted by Crippen LogP contribution is 2.20. The number of carbonyl (C=O) groups excluding carboxylic acids is 2. The fourth-order valence-corrected chi connectivity index (χ4v) is 2.48. The number of H-pyrrole nitrogens is 1. The zero-order valence-electron chi connectivity index (χ0n) is 14.6. The number of hydrogen-bond acceptors (Lipinski definition) is 4. The summed E-state index contributed by atoms with van der Waals surface area (Å²) in [4.78, 5) is 31.2. The normalized spacial score (nSPS) is 10.5. The molecule has 134 valence electrons. The summed E-state index contributed by atoms with van der Waals surface area (Å²) >= 11 is 0. The Balaban J connectivity index is 1.46. The van der Waals surface area contributed by atoms with E-state index in [1.165, 1.54) is 0 Å². The van der Waals surface area contributed by atoms with Gasteiger partial charge in [-0.2, -0.15) is 0 Å². The van der Waals surface area contributed by atoms with Crippen molar-refractivity contribution in [1.29, 1.82) is 0 Å². The van der Waals surface area contributed by atoms with Crippen LogP contribution in [0.5, 0.6) is 5.75 Å². The number of aromatic nitrogens is 2. The molecule has 3 N–H and O–H groups in total. The van der Waals surface area contributed by atoms with Gasteiger partial charge in [0.1, 0.15) is 11.6 Å². The third-order valence-corrected chi connectivity index (χ3v) is 4.02. The number of nitrogens with one attached hydrogen (secondary N) is 3. The van der Waals surface area contributed by atoms with Crippen LogP contribution in [0.4, 0.5) is 0 Å². The third-order valence-electron chi connectivity index (χ3n) is 4.02. The van der Waals surface area contributed by atoms with Gasteiger partial charge in [0.15, 0.2) is 6.61 Å². The smallest absolute Gasteiger partial charge is 0.276 e. The summed E-state index contributed by atoms with van der Waals surface area (Å²) in [6, 6.07) is 13.2. The standard InChI is InChI=1S/C19H20N4O3/c1-12-6-5-9-16(13(12)2)26-11-19(25)23-22-18(24)10-17-20-14-7-3-4-8-15(14)21-17/h3-9H,10-11H2,1-2H3,(H,20,21)(H,22,24)(H,23,25). The van der Waals surface area contributed by atoms with Crippen molar-refractivity contribution in [3.63, 3.8) is 0 Å². The first-order valence-electron chi connectivity index (χ1n) is 8.23. The highest BCUT2D eigenvalue weighted by molar-refractivity contribution is 5.84. The van der Waals surface area contributed by atoms with Crippen LogP contribution in [0.3, 0.4) is 0 Å². The first-order chi connectivity index (χ1) is 12.5. The number of hydrazine groups is 1. The van der Waals surface area contributed by atoms with Gasteiger partial charge in [-0.15, -0.1) is 0 Å². The first kappa shape index (κ1) is 17.5. The zero-order valence-corrected chi connectivity index (χ0v) is 14.6. The first-order valence-corrected chi connectivity index (χ1v) is 8.23. The Bertz CT molecular complexity index is 916. The van der Waals surface area contributed by atoms with E-state index >= 15 is 0 Å². The fraction of sp³-hybridized carbons (Fsp3) is 0.211. The van der Waals surface area contributed by atoms with E-state index in [1.807, 2.05) is 50.2 Å². The van der Waals surface area contributed by atoms with E-state index in [4.69, 9.17) is 4.74 Å². The van der Waals surface area contributed by atoms with Crippen LogP contribution >= 0.6 is 0 Å². The van der Waals surface area contributed by atoms with Gasteiger partial charge in [0.2, 0.25) is 5.91 Å². The maximum absolute atomic E-state index is 11.9. The zero-order chi connectivity index (χ0) is 18.5. The number of carbonyl (C=O) groups is 2. The van der Waals surface area contributed by atoms with Crippen molar-refractivity contribution in [2.24, 2.45) is 0 Å². The van der Waals surface area contributed by atoms with Crippen molar-refractivity contribution in [3.05, 3.63) is 59.4 Å². The average Bonchev–Trinajstić information content (AvgIpc) is 3.03. The maximum atomic E-state index is 11.9. The Morgan fingerprint density at radius 3 is 2.62 bits per heavy atom. The molecule has 26 heavy (non-hydrogen) atoms. The second-order valence-corrected chi connectivity index (χ2v) is 5.96. The number of fused-ring (bicyclic) bond motifs is 1. The van der Waals surface area contributed by atoms with Gasteiger partial charge in [-0.25, -0.2) is 4.98 Å². The topological polar surface area (TPSA) is 96.1 Å². The molecule has 0 aliphatic heterocycles. The number of ether oxygens (including phenoxy) is 1. The van der Waals surface area contributed by atoms with E-state index in [0.29, 0.717) is 11.6 Å². The number of aromatic amines is 1. The summed E-state index contributed by atoms with van der Waals surface area (Å²) in [7, 11) is 0. The van der Waals surface area contributed by atoms with E-state index < -0.39 is 5.91 Å². The summed E-state index contributed by atoms with van der Waals surface area (Å²) in [6.45, 7) is 3.72. The molecule has 0 aliphatic carbocycles. The van der Waals surface area contributed by atoms with Crippen molar-refractivity contribution in [2.45, 2.75) is 20.3 Å². The van der Waals surface area contributed by atoms with Crippen LogP contribution in [0.25, 0.3) is 11.0 Å². The fourth-order valence-electron chi connectivity index (χ4n) is 2.48. The molecule has 0 spiro atoms. The molecule has 7 heteroatoms. The molecule has 3 aromatic rings. The van der Waals surface area contributed by atoms with Crippen LogP contribution in [0, 0.1) is 13.8 Å². The minimum absolute atomic E-state index is 0.0345. The summed E-state index contributed by atoms with van der Waals surface area (Å²) in [6.07, 6.45) is 0.0345. The van der Waals surface area contributed by atoms with Crippen LogP contribution in [-0.2, 0) is 16.0 Å². The molecule has 7 nitrogen and oxygen atoms in total. The molecular weight excluding hydrogens is 332 g/mol. The van der Waals surface area contributed by atoms with Crippen molar-refractivity contribution >= 4 is 22.8 Å². The average molecular weight is 352 g/mol. The van der Waals surface area contributed by atoms with Crippen LogP contribution in [-0.4, -0.2) is 28.4 Å². The molecular formula is C19H20N4O3. The molecule has 2 aromatic carbocycles. The van der Waals surface area contributed by atoms with Crippen LogP contribution in [0.1, 0.15) is 17.0 Å². The Morgan fingerprint density at radius 2 is 1.81 bits per heavy atom. The van der Waals surface area contributed by atoms with Crippen LogP contribution in [0.15, 0.2) is 42.5 Å². The molecule has 2 amide bonds. The molecule has 3 rings (SSSR count). The summed E-state index contributed by atoms with van der Waals surface area (Å²) in [5.74, 6) is 0.367. The molecule has 1 heterocycles. The summed E-state index contributed by atoms with van der Waals surface area (Å²) < 4.78 is 5.49. The second kappa shape index (κ2) is 7.69. The van der Waals surface area contributed by atoms with E-state index in [9.17, 15) is 9.59 Å². The number of aryl methyl sites for hydroxylation is 1. The highest BCUT2D eigenvalue weighted by atomic mass is 16.5. The van der Waals surface area contributed by atoms with Gasteiger partial charge in [0, 0.05) is 0 Å². The van der Waals surface area contributed by atoms with E-state index in [-0.39, 0.29) is 18.9 Å². The largest absolute Gasteiger partial charge is 0.483 e. The number of benzene rings is 2. The van der Waals surface area contributed by atoms with Gasteiger partial charge in [0.25, 0.3) is 5.91 Å². The number of nitrogens with zero attached hydrogens (tertiary/aromatic N) is 1. The lowest BCUT2D eigenvalue weighted by Gasteiger charge is -2.11. The molecule has 0 bridgehead atoms. The SMILES string of the molecule is Cc1cccc(OCC(=O)NNC(=O)Cc2nc3ccccc3[nH]2)c1C. The highest BCUT2D eigenvalue weighted by Gasteiger charge is 2.10. The molecule has 0 unspecified atom stereocenters. The quantitative estimate of drug-likeness (QED) is 0.612. The number of amides is 2. The van der Waals surface area contributed by atoms with Crippen LogP contribution in [0.2, 0.25) is 0 Å². The molecule has 1 aromatic heterocycles. The van der Waals surface area contributed by atoms with Crippen molar-refractivity contribution in [2.75, 3.05) is 6.61 Å². The molecule has 0 fully saturated rings. The van der Waals surface area contributed by atoms with Gasteiger partial charge < -0.3 is 9.72 Å². The lowest BCUT2D eigenvalue weighted by molar-refractivity contribution is -0.129. The predicted octanol–water partition coefficient (Wildman–Crippen LogP) is 1.95. The maximum Gasteiger partial charge on any atom is 0.276 e. The summed E-state index contributed by atoms with van der Waals surface area (Å²) in [5.41, 5.74) is 8.42. The second-order valence-electron chi connectivity index (χ2n) is 5.96.